The van der Waals surface area contributed by atoms with Crippen molar-refractivity contribution in [3.05, 3.63) is 39.2 Å². The Morgan fingerprint density at radius 3 is 2.85 bits per heavy atom. The zero-order valence-corrected chi connectivity index (χ0v) is 20.2. The van der Waals surface area contributed by atoms with Crippen molar-refractivity contribution in [2.75, 3.05) is 26.4 Å². The number of nitrogens with zero attached hydrogens (tertiary/aromatic N) is 3. The Labute approximate surface area is 200 Å². The molecule has 2 unspecified atom stereocenters. The Balaban J connectivity index is 1.49. The van der Waals surface area contributed by atoms with E-state index in [0.29, 0.717) is 44.3 Å². The predicted octanol–water partition coefficient (Wildman–Crippen LogP) is 3.41. The van der Waals surface area contributed by atoms with Gasteiger partial charge in [-0.15, -0.1) is 11.3 Å². The molecule has 1 N–H and O–H groups in total. The second kappa shape index (κ2) is 9.01. The summed E-state index contributed by atoms with van der Waals surface area (Å²) >= 11 is 1.38. The van der Waals surface area contributed by atoms with Crippen LogP contribution in [0.4, 0.5) is 8.78 Å². The third kappa shape index (κ3) is 4.25. The summed E-state index contributed by atoms with van der Waals surface area (Å²) in [6, 6.07) is 0.000472. The van der Waals surface area contributed by atoms with Crippen molar-refractivity contribution < 1.29 is 27.5 Å². The molecule has 1 amide bonds. The number of hydrazone groups is 1. The number of amides is 1. The van der Waals surface area contributed by atoms with Crippen molar-refractivity contribution in [2.24, 2.45) is 16.9 Å². The van der Waals surface area contributed by atoms with E-state index in [1.165, 1.54) is 11.3 Å². The third-order valence-electron chi connectivity index (χ3n) is 6.73. The number of alkyl halides is 2. The number of carbonyl (C=O) groups excluding carboxylic acids is 1. The zero-order chi connectivity index (χ0) is 24.0. The van der Waals surface area contributed by atoms with Crippen molar-refractivity contribution in [3.63, 3.8) is 0 Å². The highest BCUT2D eigenvalue weighted by Crippen LogP contribution is 2.46. The summed E-state index contributed by atoms with van der Waals surface area (Å²) < 4.78 is 47.1. The van der Waals surface area contributed by atoms with E-state index in [9.17, 15) is 13.6 Å². The van der Waals surface area contributed by atoms with Gasteiger partial charge in [-0.3, -0.25) is 14.8 Å². The van der Waals surface area contributed by atoms with Gasteiger partial charge in [-0.2, -0.15) is 5.10 Å². The molecule has 4 heterocycles. The molecule has 2 aliphatic heterocycles. The minimum atomic E-state index is -3.28. The van der Waals surface area contributed by atoms with Crippen molar-refractivity contribution in [1.29, 1.82) is 0 Å². The van der Waals surface area contributed by atoms with Gasteiger partial charge >= 0.3 is 0 Å². The van der Waals surface area contributed by atoms with Crippen LogP contribution < -0.4 is 5.32 Å². The number of rotatable bonds is 6. The largest absolute Gasteiger partial charge is 0.455 e. The maximum atomic E-state index is 15.0. The summed E-state index contributed by atoms with van der Waals surface area (Å²) in [6.45, 7) is 7.21. The van der Waals surface area contributed by atoms with Gasteiger partial charge in [0.15, 0.2) is 0 Å². The highest BCUT2D eigenvalue weighted by molar-refractivity contribution is 7.09. The molecule has 3 aliphatic rings. The summed E-state index contributed by atoms with van der Waals surface area (Å²) in [4.78, 5) is 17.7. The van der Waals surface area contributed by atoms with E-state index >= 15 is 0 Å². The first kappa shape index (κ1) is 23.4. The minimum absolute atomic E-state index is 0.000472. The number of ether oxygens (including phenoxy) is 2. The number of halogens is 2. The number of nitrogens with one attached hydrogen (secondary N) is 1. The van der Waals surface area contributed by atoms with Crippen LogP contribution in [0.5, 0.6) is 0 Å². The van der Waals surface area contributed by atoms with Gasteiger partial charge in [-0.25, -0.2) is 8.78 Å². The molecule has 11 heteroatoms. The topological polar surface area (TPSA) is 89.2 Å². The van der Waals surface area contributed by atoms with E-state index in [-0.39, 0.29) is 47.4 Å². The van der Waals surface area contributed by atoms with E-state index < -0.39 is 11.8 Å². The lowest BCUT2D eigenvalue weighted by molar-refractivity contribution is -0.100. The number of hydrogen-bond donors (Lipinski definition) is 1. The molecule has 1 fully saturated rings. The molecule has 184 valence electrons. The fourth-order valence-electron chi connectivity index (χ4n) is 5.20. The number of furan rings is 1. The van der Waals surface area contributed by atoms with E-state index in [0.717, 1.165) is 11.8 Å². The SMILES string of the molecule is CC1C2C(=NN1C[C@H]1COCCO1)c1c(oc(C(=O)NCc3cncs3)c1C(C)(F)F)C[C@H]2C. The maximum absolute atomic E-state index is 15.0. The Morgan fingerprint density at radius 2 is 2.18 bits per heavy atom. The summed E-state index contributed by atoms with van der Waals surface area (Å²) in [7, 11) is 0. The lowest BCUT2D eigenvalue weighted by atomic mass is 9.74. The van der Waals surface area contributed by atoms with Crippen LogP contribution in [-0.4, -0.2) is 60.1 Å². The fraction of sp³-hybridized carbons (Fsp3) is 0.609. The van der Waals surface area contributed by atoms with Crippen molar-refractivity contribution in [3.8, 4) is 0 Å². The second-order valence-corrected chi connectivity index (χ2v) is 10.2. The quantitative estimate of drug-likeness (QED) is 0.662. The summed E-state index contributed by atoms with van der Waals surface area (Å²) in [5, 5.41) is 9.40. The van der Waals surface area contributed by atoms with Crippen LogP contribution in [0, 0.1) is 11.8 Å². The molecular formula is C23H28F2N4O4S. The van der Waals surface area contributed by atoms with Gasteiger partial charge < -0.3 is 19.2 Å². The number of aromatic nitrogens is 1. The van der Waals surface area contributed by atoms with Crippen LogP contribution in [0.25, 0.3) is 0 Å². The molecule has 8 nitrogen and oxygen atoms in total. The monoisotopic (exact) mass is 494 g/mol. The molecule has 2 aromatic heterocycles. The number of fused-ring (bicyclic) bond motifs is 3. The van der Waals surface area contributed by atoms with Crippen molar-refractivity contribution >= 4 is 23.0 Å². The summed E-state index contributed by atoms with van der Waals surface area (Å²) in [5.74, 6) is -3.82. The van der Waals surface area contributed by atoms with Crippen LogP contribution in [-0.2, 0) is 28.4 Å². The van der Waals surface area contributed by atoms with E-state index in [4.69, 9.17) is 19.0 Å². The van der Waals surface area contributed by atoms with Gasteiger partial charge in [-0.1, -0.05) is 6.92 Å². The first-order chi connectivity index (χ1) is 16.2. The first-order valence-electron chi connectivity index (χ1n) is 11.5. The highest BCUT2D eigenvalue weighted by atomic mass is 32.1. The number of carbonyl (C=O) groups is 1. The van der Waals surface area contributed by atoms with Gasteiger partial charge in [-0.05, 0) is 12.8 Å². The highest BCUT2D eigenvalue weighted by Gasteiger charge is 2.49. The number of thiazole rings is 1. The molecule has 1 saturated heterocycles. The van der Waals surface area contributed by atoms with Gasteiger partial charge in [0.25, 0.3) is 11.8 Å². The van der Waals surface area contributed by atoms with Crippen LogP contribution >= 0.6 is 11.3 Å². The molecule has 34 heavy (non-hydrogen) atoms. The Morgan fingerprint density at radius 1 is 1.35 bits per heavy atom. The molecule has 0 saturated carbocycles. The Kier molecular flexibility index (Phi) is 6.19. The van der Waals surface area contributed by atoms with Crippen LogP contribution in [0.3, 0.4) is 0 Å². The second-order valence-electron chi connectivity index (χ2n) is 9.27. The van der Waals surface area contributed by atoms with E-state index in [2.05, 4.69) is 24.1 Å². The van der Waals surface area contributed by atoms with Crippen LogP contribution in [0.15, 0.2) is 21.2 Å². The Bertz CT molecular complexity index is 1080. The molecular weight excluding hydrogens is 466 g/mol. The predicted molar refractivity (Wildman–Crippen MR) is 121 cm³/mol. The van der Waals surface area contributed by atoms with E-state index in [1.807, 2.05) is 5.01 Å². The van der Waals surface area contributed by atoms with Crippen LogP contribution in [0.1, 0.15) is 53.1 Å². The summed E-state index contributed by atoms with van der Waals surface area (Å²) in [5.41, 5.74) is 2.12. The lowest BCUT2D eigenvalue weighted by Crippen LogP contribution is -2.43. The normalized spacial score (nSPS) is 26.7. The Hall–Kier alpha value is -2.37. The van der Waals surface area contributed by atoms with Gasteiger partial charge in [0, 0.05) is 35.9 Å². The molecule has 0 spiro atoms. The average molecular weight is 495 g/mol. The third-order valence-corrected chi connectivity index (χ3v) is 7.51. The summed E-state index contributed by atoms with van der Waals surface area (Å²) in [6.07, 6.45) is 1.97. The van der Waals surface area contributed by atoms with Crippen molar-refractivity contribution in [2.45, 2.75) is 51.8 Å². The fourth-order valence-corrected chi connectivity index (χ4v) is 5.73. The molecule has 0 bridgehead atoms. The average Bonchev–Trinajstić information content (AvgIpc) is 3.51. The maximum Gasteiger partial charge on any atom is 0.287 e. The van der Waals surface area contributed by atoms with E-state index in [1.54, 1.807) is 11.7 Å². The molecule has 0 aromatic carbocycles. The molecule has 1 aliphatic carbocycles. The van der Waals surface area contributed by atoms with Crippen LogP contribution in [0.2, 0.25) is 0 Å². The van der Waals surface area contributed by atoms with Gasteiger partial charge in [0.1, 0.15) is 11.9 Å². The lowest BCUT2D eigenvalue weighted by Gasteiger charge is -2.33. The van der Waals surface area contributed by atoms with Gasteiger partial charge in [0.2, 0.25) is 5.76 Å². The van der Waals surface area contributed by atoms with Gasteiger partial charge in [0.05, 0.1) is 55.7 Å². The smallest absolute Gasteiger partial charge is 0.287 e. The number of hydrogen-bond acceptors (Lipinski definition) is 8. The molecule has 4 atom stereocenters. The zero-order valence-electron chi connectivity index (χ0n) is 19.3. The van der Waals surface area contributed by atoms with Crippen molar-refractivity contribution in [1.82, 2.24) is 15.3 Å². The molecule has 2 aromatic rings. The molecule has 5 rings (SSSR count). The first-order valence-corrected chi connectivity index (χ1v) is 12.4. The minimum Gasteiger partial charge on any atom is -0.455 e. The standard InChI is InChI=1S/C23H28F2N4O4S/c1-12-6-16-18(20-17(12)13(2)29(28-20)9-14-10-31-4-5-32-14)19(23(3,24)25)21(33-16)22(30)27-8-15-7-26-11-34-15/h7,11-14,17H,4-6,8-10H2,1-3H3,(H,27,30)/t12-,13?,14+,17?/m1/s1. The molecule has 0 radical (unpaired) electrons.